The number of aromatic nitrogens is 2. The van der Waals surface area contributed by atoms with Crippen LogP contribution in [0.5, 0.6) is 0 Å². The van der Waals surface area contributed by atoms with Crippen LogP contribution in [0.15, 0.2) is 12.4 Å². The van der Waals surface area contributed by atoms with Crippen LogP contribution in [-0.2, 0) is 0 Å². The molecular formula is C14H25N5. The Morgan fingerprint density at radius 1 is 1.21 bits per heavy atom. The zero-order chi connectivity index (χ0) is 13.3. The minimum atomic E-state index is 0.667. The Balaban J connectivity index is 1.72. The molecule has 19 heavy (non-hydrogen) atoms. The summed E-state index contributed by atoms with van der Waals surface area (Å²) in [6.45, 7) is 5.22. The van der Waals surface area contributed by atoms with Gasteiger partial charge in [0.1, 0.15) is 18.0 Å². The van der Waals surface area contributed by atoms with Gasteiger partial charge in [0, 0.05) is 25.2 Å². The highest BCUT2D eigenvalue weighted by atomic mass is 15.1. The lowest BCUT2D eigenvalue weighted by molar-refractivity contribution is 0.389. The lowest BCUT2D eigenvalue weighted by atomic mass is 10.0. The summed E-state index contributed by atoms with van der Waals surface area (Å²) in [5.74, 6) is 1.81. The molecule has 106 valence electrons. The van der Waals surface area contributed by atoms with Gasteiger partial charge in [-0.15, -0.1) is 0 Å². The minimum Gasteiger partial charge on any atom is -0.370 e. The fraction of sp³-hybridized carbons (Fsp3) is 0.714. The summed E-state index contributed by atoms with van der Waals surface area (Å²) >= 11 is 0. The molecule has 1 fully saturated rings. The lowest BCUT2D eigenvalue weighted by Crippen LogP contribution is -2.35. The highest BCUT2D eigenvalue weighted by Gasteiger charge is 2.11. The van der Waals surface area contributed by atoms with E-state index in [2.05, 4.69) is 32.8 Å². The first-order valence-electron chi connectivity index (χ1n) is 7.41. The van der Waals surface area contributed by atoms with E-state index in [1.807, 2.05) is 6.07 Å². The predicted octanol–water partition coefficient (Wildman–Crippen LogP) is 2.24. The van der Waals surface area contributed by atoms with Crippen molar-refractivity contribution in [3.8, 4) is 0 Å². The van der Waals surface area contributed by atoms with Crippen LogP contribution in [0.3, 0.4) is 0 Å². The van der Waals surface area contributed by atoms with E-state index in [-0.39, 0.29) is 0 Å². The molecule has 0 radical (unpaired) electrons. The van der Waals surface area contributed by atoms with Crippen LogP contribution < -0.4 is 16.0 Å². The van der Waals surface area contributed by atoms with Crippen molar-refractivity contribution in [2.24, 2.45) is 0 Å². The maximum Gasteiger partial charge on any atom is 0.131 e. The number of nitrogens with zero attached hydrogens (tertiary/aromatic N) is 2. The molecule has 2 heterocycles. The van der Waals surface area contributed by atoms with Crippen LogP contribution in [0, 0.1) is 0 Å². The Bertz CT molecular complexity index is 363. The Hall–Kier alpha value is -1.36. The van der Waals surface area contributed by atoms with Crippen molar-refractivity contribution in [3.05, 3.63) is 12.4 Å². The number of hydrogen-bond donors (Lipinski definition) is 3. The molecule has 1 aromatic rings. The fourth-order valence-corrected chi connectivity index (χ4v) is 2.35. The molecule has 2 rings (SSSR count). The van der Waals surface area contributed by atoms with E-state index in [0.29, 0.717) is 6.04 Å². The van der Waals surface area contributed by atoms with Gasteiger partial charge in [0.25, 0.3) is 0 Å². The summed E-state index contributed by atoms with van der Waals surface area (Å²) in [7, 11) is 0. The smallest absolute Gasteiger partial charge is 0.131 e. The SMILES string of the molecule is CCCNc1cc(NCCC2CCCCN2)ncn1. The van der Waals surface area contributed by atoms with Crippen molar-refractivity contribution in [1.82, 2.24) is 15.3 Å². The molecule has 1 aliphatic heterocycles. The van der Waals surface area contributed by atoms with E-state index < -0.39 is 0 Å². The van der Waals surface area contributed by atoms with Gasteiger partial charge in [-0.05, 0) is 32.2 Å². The molecule has 0 saturated carbocycles. The van der Waals surface area contributed by atoms with Gasteiger partial charge >= 0.3 is 0 Å². The molecule has 1 aromatic heterocycles. The van der Waals surface area contributed by atoms with Crippen molar-refractivity contribution in [3.63, 3.8) is 0 Å². The quantitative estimate of drug-likeness (QED) is 0.704. The molecule has 1 unspecified atom stereocenters. The Morgan fingerprint density at radius 3 is 2.68 bits per heavy atom. The third-order valence-electron chi connectivity index (χ3n) is 3.43. The largest absolute Gasteiger partial charge is 0.370 e. The predicted molar refractivity (Wildman–Crippen MR) is 79.6 cm³/mol. The molecule has 0 bridgehead atoms. The van der Waals surface area contributed by atoms with Crippen molar-refractivity contribution in [2.75, 3.05) is 30.3 Å². The van der Waals surface area contributed by atoms with E-state index in [0.717, 1.165) is 37.6 Å². The second kappa shape index (κ2) is 7.94. The molecule has 1 aliphatic rings. The molecule has 0 aromatic carbocycles. The molecule has 0 amide bonds. The number of piperidine rings is 1. The van der Waals surface area contributed by atoms with Gasteiger partial charge < -0.3 is 16.0 Å². The Labute approximate surface area is 115 Å². The van der Waals surface area contributed by atoms with E-state index in [4.69, 9.17) is 0 Å². The van der Waals surface area contributed by atoms with Crippen LogP contribution in [0.25, 0.3) is 0 Å². The maximum atomic E-state index is 4.25. The number of hydrogen-bond acceptors (Lipinski definition) is 5. The first-order chi connectivity index (χ1) is 9.38. The Kier molecular flexibility index (Phi) is 5.88. The average Bonchev–Trinajstić information content (AvgIpc) is 2.47. The van der Waals surface area contributed by atoms with Gasteiger partial charge in [0.15, 0.2) is 0 Å². The van der Waals surface area contributed by atoms with Crippen LogP contribution in [0.1, 0.15) is 39.0 Å². The van der Waals surface area contributed by atoms with E-state index in [9.17, 15) is 0 Å². The Morgan fingerprint density at radius 2 is 2.00 bits per heavy atom. The first-order valence-corrected chi connectivity index (χ1v) is 7.41. The summed E-state index contributed by atoms with van der Waals surface area (Å²) in [5.41, 5.74) is 0. The molecular weight excluding hydrogens is 238 g/mol. The van der Waals surface area contributed by atoms with Gasteiger partial charge in [0.05, 0.1) is 0 Å². The van der Waals surface area contributed by atoms with Gasteiger partial charge in [-0.25, -0.2) is 9.97 Å². The van der Waals surface area contributed by atoms with E-state index in [1.54, 1.807) is 6.33 Å². The topological polar surface area (TPSA) is 61.9 Å². The third-order valence-corrected chi connectivity index (χ3v) is 3.43. The molecule has 1 atom stereocenters. The number of anilines is 2. The second-order valence-corrected chi connectivity index (χ2v) is 5.08. The highest BCUT2D eigenvalue weighted by Crippen LogP contribution is 2.12. The average molecular weight is 263 g/mol. The third kappa shape index (κ3) is 5.03. The molecule has 5 heteroatoms. The molecule has 5 nitrogen and oxygen atoms in total. The minimum absolute atomic E-state index is 0.667. The maximum absolute atomic E-state index is 4.25. The summed E-state index contributed by atoms with van der Waals surface area (Å²) in [6, 6.07) is 2.64. The molecule has 3 N–H and O–H groups in total. The summed E-state index contributed by atoms with van der Waals surface area (Å²) in [6.07, 6.45) is 7.84. The molecule has 0 spiro atoms. The van der Waals surface area contributed by atoms with Crippen LogP contribution in [0.4, 0.5) is 11.6 Å². The van der Waals surface area contributed by atoms with Crippen LogP contribution in [-0.4, -0.2) is 35.6 Å². The van der Waals surface area contributed by atoms with Crippen molar-refractivity contribution in [1.29, 1.82) is 0 Å². The monoisotopic (exact) mass is 263 g/mol. The fourth-order valence-electron chi connectivity index (χ4n) is 2.35. The zero-order valence-electron chi connectivity index (χ0n) is 11.8. The van der Waals surface area contributed by atoms with Gasteiger partial charge in [-0.1, -0.05) is 13.3 Å². The molecule has 1 saturated heterocycles. The molecule has 0 aliphatic carbocycles. The van der Waals surface area contributed by atoms with E-state index >= 15 is 0 Å². The number of rotatable bonds is 7. The van der Waals surface area contributed by atoms with E-state index in [1.165, 1.54) is 25.8 Å². The number of nitrogens with one attached hydrogen (secondary N) is 3. The summed E-state index contributed by atoms with van der Waals surface area (Å²) in [5, 5.41) is 10.2. The van der Waals surface area contributed by atoms with Gasteiger partial charge in [-0.3, -0.25) is 0 Å². The standard InChI is InChI=1S/C14H25N5/c1-2-7-16-13-10-14(19-11-18-13)17-9-6-12-5-3-4-8-15-12/h10-12,15H,2-9H2,1H3,(H2,16,17,18,19). The summed E-state index contributed by atoms with van der Waals surface area (Å²) < 4.78 is 0. The second-order valence-electron chi connectivity index (χ2n) is 5.08. The first kappa shape index (κ1) is 14.1. The highest BCUT2D eigenvalue weighted by molar-refractivity contribution is 5.46. The van der Waals surface area contributed by atoms with Crippen molar-refractivity contribution in [2.45, 2.75) is 45.1 Å². The van der Waals surface area contributed by atoms with Gasteiger partial charge in [0.2, 0.25) is 0 Å². The van der Waals surface area contributed by atoms with Gasteiger partial charge in [-0.2, -0.15) is 0 Å². The van der Waals surface area contributed by atoms with Crippen molar-refractivity contribution < 1.29 is 0 Å². The summed E-state index contributed by atoms with van der Waals surface area (Å²) in [4.78, 5) is 8.45. The normalized spacial score (nSPS) is 19.1. The van der Waals surface area contributed by atoms with Crippen LogP contribution >= 0.6 is 0 Å². The van der Waals surface area contributed by atoms with Crippen LogP contribution in [0.2, 0.25) is 0 Å². The van der Waals surface area contributed by atoms with Crippen molar-refractivity contribution >= 4 is 11.6 Å². The lowest BCUT2D eigenvalue weighted by Gasteiger charge is -2.23. The zero-order valence-corrected chi connectivity index (χ0v) is 11.8.